The van der Waals surface area contributed by atoms with Gasteiger partial charge >= 0.3 is 11.9 Å². The number of methoxy groups -OCH3 is 1. The summed E-state index contributed by atoms with van der Waals surface area (Å²) in [5.41, 5.74) is 1.54. The first-order valence-electron chi connectivity index (χ1n) is 7.01. The van der Waals surface area contributed by atoms with Crippen molar-refractivity contribution in [2.24, 2.45) is 0 Å². The lowest BCUT2D eigenvalue weighted by Crippen LogP contribution is -2.12. The standard InChI is InChI=1S/C18H16O5/c1-22-18(21)15-9-7-14(8-10-15)16(19)11-17(20)23-12-13-5-3-2-4-6-13/h2-10H,11-12H2,1H3. The summed E-state index contributed by atoms with van der Waals surface area (Å²) in [6.45, 7) is 0.133. The summed E-state index contributed by atoms with van der Waals surface area (Å²) >= 11 is 0. The Hall–Kier alpha value is -2.95. The van der Waals surface area contributed by atoms with Crippen LogP contribution >= 0.6 is 0 Å². The highest BCUT2D eigenvalue weighted by molar-refractivity contribution is 6.06. The highest BCUT2D eigenvalue weighted by Gasteiger charge is 2.14. The summed E-state index contributed by atoms with van der Waals surface area (Å²) in [7, 11) is 1.28. The van der Waals surface area contributed by atoms with Crippen LogP contribution in [0.2, 0.25) is 0 Å². The van der Waals surface area contributed by atoms with Crippen molar-refractivity contribution < 1.29 is 23.9 Å². The van der Waals surface area contributed by atoms with Crippen molar-refractivity contribution in [3.63, 3.8) is 0 Å². The van der Waals surface area contributed by atoms with Gasteiger partial charge in [-0.3, -0.25) is 9.59 Å². The molecule has 0 unspecified atom stereocenters. The number of Topliss-reactive ketones (excluding diaryl/α,β-unsaturated/α-hetero) is 1. The van der Waals surface area contributed by atoms with Crippen LogP contribution in [0.5, 0.6) is 0 Å². The molecular weight excluding hydrogens is 296 g/mol. The van der Waals surface area contributed by atoms with Crippen molar-refractivity contribution in [2.75, 3.05) is 7.11 Å². The second kappa shape index (κ2) is 7.89. The van der Waals surface area contributed by atoms with E-state index in [0.29, 0.717) is 11.1 Å². The van der Waals surface area contributed by atoms with Gasteiger partial charge in [0, 0.05) is 5.56 Å². The fourth-order valence-corrected chi connectivity index (χ4v) is 1.93. The third-order valence-electron chi connectivity index (χ3n) is 3.18. The van der Waals surface area contributed by atoms with E-state index in [9.17, 15) is 14.4 Å². The predicted molar refractivity (Wildman–Crippen MR) is 83.0 cm³/mol. The van der Waals surface area contributed by atoms with Crippen LogP contribution in [0.15, 0.2) is 54.6 Å². The maximum absolute atomic E-state index is 12.0. The van der Waals surface area contributed by atoms with Gasteiger partial charge in [-0.2, -0.15) is 0 Å². The summed E-state index contributed by atoms with van der Waals surface area (Å²) in [5, 5.41) is 0. The van der Waals surface area contributed by atoms with E-state index in [-0.39, 0.29) is 18.8 Å². The highest BCUT2D eigenvalue weighted by Crippen LogP contribution is 2.09. The molecule has 0 spiro atoms. The molecule has 0 bridgehead atoms. The quantitative estimate of drug-likeness (QED) is 0.466. The van der Waals surface area contributed by atoms with E-state index in [2.05, 4.69) is 4.74 Å². The summed E-state index contributed by atoms with van der Waals surface area (Å²) in [6.07, 6.45) is -0.343. The summed E-state index contributed by atoms with van der Waals surface area (Å²) in [4.78, 5) is 35.0. The van der Waals surface area contributed by atoms with Crippen LogP contribution in [-0.2, 0) is 20.9 Å². The molecule has 0 heterocycles. The number of benzene rings is 2. The number of hydrogen-bond acceptors (Lipinski definition) is 5. The van der Waals surface area contributed by atoms with Crippen molar-refractivity contribution in [3.05, 3.63) is 71.3 Å². The minimum absolute atomic E-state index is 0.133. The fraction of sp³-hybridized carbons (Fsp3) is 0.167. The second-order valence-electron chi connectivity index (χ2n) is 4.82. The lowest BCUT2D eigenvalue weighted by Gasteiger charge is -2.05. The molecule has 0 saturated carbocycles. The lowest BCUT2D eigenvalue weighted by atomic mass is 10.1. The van der Waals surface area contributed by atoms with Gasteiger partial charge in [0.15, 0.2) is 5.78 Å². The van der Waals surface area contributed by atoms with E-state index < -0.39 is 11.9 Å². The molecule has 0 aliphatic carbocycles. The summed E-state index contributed by atoms with van der Waals surface area (Å²) in [5.74, 6) is -1.43. The minimum atomic E-state index is -0.587. The normalized spacial score (nSPS) is 9.96. The van der Waals surface area contributed by atoms with Crippen LogP contribution in [-0.4, -0.2) is 24.8 Å². The van der Waals surface area contributed by atoms with E-state index in [4.69, 9.17) is 4.74 Å². The Morgan fingerprint density at radius 3 is 2.09 bits per heavy atom. The summed E-state index contributed by atoms with van der Waals surface area (Å²) in [6, 6.07) is 15.2. The van der Waals surface area contributed by atoms with Gasteiger partial charge in [0.1, 0.15) is 13.0 Å². The average Bonchev–Trinajstić information content (AvgIpc) is 2.60. The smallest absolute Gasteiger partial charge is 0.337 e. The van der Waals surface area contributed by atoms with Crippen molar-refractivity contribution in [3.8, 4) is 0 Å². The SMILES string of the molecule is COC(=O)c1ccc(C(=O)CC(=O)OCc2ccccc2)cc1. The number of carbonyl (C=O) groups is 3. The van der Waals surface area contributed by atoms with Crippen molar-refractivity contribution in [2.45, 2.75) is 13.0 Å². The van der Waals surface area contributed by atoms with Gasteiger partial charge in [-0.05, 0) is 17.7 Å². The second-order valence-corrected chi connectivity index (χ2v) is 4.82. The van der Waals surface area contributed by atoms with Gasteiger partial charge in [0.2, 0.25) is 0 Å². The molecule has 0 saturated heterocycles. The molecule has 2 aromatic rings. The number of carbonyl (C=O) groups excluding carboxylic acids is 3. The Morgan fingerprint density at radius 1 is 0.870 bits per heavy atom. The zero-order chi connectivity index (χ0) is 16.7. The summed E-state index contributed by atoms with van der Waals surface area (Å²) < 4.78 is 9.64. The Bertz CT molecular complexity index is 689. The Kier molecular flexibility index (Phi) is 5.63. The van der Waals surface area contributed by atoms with E-state index >= 15 is 0 Å². The van der Waals surface area contributed by atoms with E-state index in [1.807, 2.05) is 30.3 Å². The zero-order valence-electron chi connectivity index (χ0n) is 12.7. The van der Waals surface area contributed by atoms with Gasteiger partial charge in [0.25, 0.3) is 0 Å². The van der Waals surface area contributed by atoms with Crippen LogP contribution in [0.4, 0.5) is 0 Å². The molecule has 0 aliphatic heterocycles. The molecule has 0 amide bonds. The van der Waals surface area contributed by atoms with Crippen LogP contribution in [0, 0.1) is 0 Å². The van der Waals surface area contributed by atoms with Crippen LogP contribution in [0.25, 0.3) is 0 Å². The molecule has 5 nitrogen and oxygen atoms in total. The molecule has 0 N–H and O–H groups in total. The van der Waals surface area contributed by atoms with Crippen molar-refractivity contribution in [1.29, 1.82) is 0 Å². The Balaban J connectivity index is 1.88. The van der Waals surface area contributed by atoms with Gasteiger partial charge in [-0.1, -0.05) is 42.5 Å². The molecule has 118 valence electrons. The predicted octanol–water partition coefficient (Wildman–Crippen LogP) is 2.79. The monoisotopic (exact) mass is 312 g/mol. The highest BCUT2D eigenvalue weighted by atomic mass is 16.5. The number of esters is 2. The van der Waals surface area contributed by atoms with Gasteiger partial charge in [-0.15, -0.1) is 0 Å². The molecule has 2 rings (SSSR count). The Labute approximate surface area is 133 Å². The maximum atomic E-state index is 12.0. The largest absolute Gasteiger partial charge is 0.465 e. The molecule has 0 radical (unpaired) electrons. The maximum Gasteiger partial charge on any atom is 0.337 e. The molecule has 2 aromatic carbocycles. The zero-order valence-corrected chi connectivity index (χ0v) is 12.7. The number of ketones is 1. The molecule has 0 atom stereocenters. The topological polar surface area (TPSA) is 69.7 Å². The molecule has 0 fully saturated rings. The number of rotatable bonds is 6. The van der Waals surface area contributed by atoms with Gasteiger partial charge < -0.3 is 9.47 Å². The molecule has 0 aliphatic rings. The third-order valence-corrected chi connectivity index (χ3v) is 3.18. The van der Waals surface area contributed by atoms with Crippen LogP contribution in [0.1, 0.15) is 32.7 Å². The third kappa shape index (κ3) is 4.78. The van der Waals surface area contributed by atoms with Crippen molar-refractivity contribution in [1.82, 2.24) is 0 Å². The molecule has 0 aromatic heterocycles. The first-order valence-corrected chi connectivity index (χ1v) is 7.01. The number of hydrogen-bond donors (Lipinski definition) is 0. The minimum Gasteiger partial charge on any atom is -0.465 e. The van der Waals surface area contributed by atoms with Crippen LogP contribution in [0.3, 0.4) is 0 Å². The molecular formula is C18H16O5. The van der Waals surface area contributed by atoms with Gasteiger partial charge in [0.05, 0.1) is 12.7 Å². The lowest BCUT2D eigenvalue weighted by molar-refractivity contribution is -0.143. The van der Waals surface area contributed by atoms with E-state index in [1.54, 1.807) is 0 Å². The molecule has 23 heavy (non-hydrogen) atoms. The van der Waals surface area contributed by atoms with Crippen molar-refractivity contribution >= 4 is 17.7 Å². The first kappa shape index (κ1) is 16.4. The Morgan fingerprint density at radius 2 is 1.48 bits per heavy atom. The molecule has 5 heteroatoms. The van der Waals surface area contributed by atoms with Gasteiger partial charge in [-0.25, -0.2) is 4.79 Å². The van der Waals surface area contributed by atoms with E-state index in [0.717, 1.165) is 5.56 Å². The van der Waals surface area contributed by atoms with E-state index in [1.165, 1.54) is 31.4 Å². The van der Waals surface area contributed by atoms with Crippen LogP contribution < -0.4 is 0 Å². The first-order chi connectivity index (χ1) is 11.1. The average molecular weight is 312 g/mol. The fourth-order valence-electron chi connectivity index (χ4n) is 1.93. The number of ether oxygens (including phenoxy) is 2.